The summed E-state index contributed by atoms with van der Waals surface area (Å²) < 4.78 is 0. The van der Waals surface area contributed by atoms with Crippen molar-refractivity contribution < 1.29 is 4.79 Å². The lowest BCUT2D eigenvalue weighted by molar-refractivity contribution is -0.140. The van der Waals surface area contributed by atoms with Gasteiger partial charge < -0.3 is 4.90 Å². The number of nitrogens with zero attached hydrogens (tertiary/aromatic N) is 2. The molecule has 5 heteroatoms. The highest BCUT2D eigenvalue weighted by atomic mass is 16.2. The van der Waals surface area contributed by atoms with Gasteiger partial charge in [-0.05, 0) is 44.2 Å². The molecule has 1 aromatic rings. The normalized spacial score (nSPS) is 32.1. The molecule has 5 nitrogen and oxygen atoms in total. The topological polar surface area (TPSA) is 47.6 Å². The van der Waals surface area contributed by atoms with E-state index < -0.39 is 0 Å². The first kappa shape index (κ1) is 18.9. The van der Waals surface area contributed by atoms with Crippen molar-refractivity contribution in [2.75, 3.05) is 32.7 Å². The van der Waals surface area contributed by atoms with Crippen LogP contribution >= 0.6 is 0 Å². The Hall–Kier alpha value is -1.43. The predicted octanol–water partition coefficient (Wildman–Crippen LogP) is 2.39. The van der Waals surface area contributed by atoms with Crippen LogP contribution in [0.25, 0.3) is 0 Å². The van der Waals surface area contributed by atoms with Gasteiger partial charge in [-0.15, -0.1) is 0 Å². The molecule has 148 valence electrons. The minimum Gasteiger partial charge on any atom is -0.342 e. The first-order valence-corrected chi connectivity index (χ1v) is 10.7. The van der Waals surface area contributed by atoms with E-state index in [1.807, 2.05) is 0 Å². The molecular weight excluding hydrogens is 336 g/mol. The van der Waals surface area contributed by atoms with Crippen LogP contribution in [0.3, 0.4) is 0 Å². The highest BCUT2D eigenvalue weighted by Crippen LogP contribution is 2.39. The van der Waals surface area contributed by atoms with E-state index in [4.69, 9.17) is 0 Å². The molecule has 0 aliphatic carbocycles. The number of amides is 1. The maximum atomic E-state index is 13.2. The lowest BCUT2D eigenvalue weighted by atomic mass is 9.73. The molecule has 3 unspecified atom stereocenters. The molecule has 3 heterocycles. The highest BCUT2D eigenvalue weighted by molar-refractivity contribution is 5.80. The molecule has 4 rings (SSSR count). The zero-order valence-corrected chi connectivity index (χ0v) is 16.6. The molecule has 3 fully saturated rings. The Morgan fingerprint density at radius 2 is 1.93 bits per heavy atom. The first-order valence-electron chi connectivity index (χ1n) is 10.7. The fraction of sp³-hybridized carbons (Fsp3) is 0.682. The van der Waals surface area contributed by atoms with Crippen molar-refractivity contribution in [1.82, 2.24) is 20.7 Å². The number of hydrogen-bond donors (Lipinski definition) is 2. The van der Waals surface area contributed by atoms with Crippen molar-refractivity contribution in [2.45, 2.75) is 51.6 Å². The molecule has 27 heavy (non-hydrogen) atoms. The Labute approximate surface area is 163 Å². The smallest absolute Gasteiger partial charge is 0.228 e. The summed E-state index contributed by atoms with van der Waals surface area (Å²) in [6, 6.07) is 11.1. The van der Waals surface area contributed by atoms with Crippen LogP contribution in [-0.2, 0) is 11.3 Å². The summed E-state index contributed by atoms with van der Waals surface area (Å²) in [6.45, 7) is 8.15. The number of likely N-dealkylation sites (tertiary alicyclic amines) is 2. The number of carbonyl (C=O) groups excluding carboxylic acids is 1. The van der Waals surface area contributed by atoms with E-state index in [9.17, 15) is 4.79 Å². The summed E-state index contributed by atoms with van der Waals surface area (Å²) in [5, 5.41) is 0. The number of hydrogen-bond acceptors (Lipinski definition) is 4. The van der Waals surface area contributed by atoms with Crippen molar-refractivity contribution in [2.24, 2.45) is 11.3 Å². The van der Waals surface area contributed by atoms with Crippen LogP contribution in [0.15, 0.2) is 30.3 Å². The predicted molar refractivity (Wildman–Crippen MR) is 108 cm³/mol. The zero-order valence-electron chi connectivity index (χ0n) is 16.6. The lowest BCUT2D eigenvalue weighted by Crippen LogP contribution is -2.55. The van der Waals surface area contributed by atoms with Gasteiger partial charge in [-0.1, -0.05) is 37.3 Å². The van der Waals surface area contributed by atoms with Crippen molar-refractivity contribution in [3.8, 4) is 0 Å². The van der Waals surface area contributed by atoms with Crippen LogP contribution < -0.4 is 10.9 Å². The molecule has 3 aliphatic rings. The van der Waals surface area contributed by atoms with Gasteiger partial charge in [0.05, 0.1) is 5.92 Å². The molecule has 1 spiro atoms. The van der Waals surface area contributed by atoms with Crippen LogP contribution in [0, 0.1) is 11.3 Å². The molecule has 3 aliphatic heterocycles. The largest absolute Gasteiger partial charge is 0.342 e. The summed E-state index contributed by atoms with van der Waals surface area (Å²) in [7, 11) is 0. The lowest BCUT2D eigenvalue weighted by Gasteiger charge is -2.49. The minimum absolute atomic E-state index is 0.0918. The van der Waals surface area contributed by atoms with E-state index in [0.29, 0.717) is 11.3 Å². The molecule has 0 saturated carbocycles. The van der Waals surface area contributed by atoms with Crippen molar-refractivity contribution >= 4 is 5.91 Å². The van der Waals surface area contributed by atoms with Crippen molar-refractivity contribution in [3.05, 3.63) is 35.9 Å². The summed E-state index contributed by atoms with van der Waals surface area (Å²) >= 11 is 0. The Kier molecular flexibility index (Phi) is 5.81. The average molecular weight is 371 g/mol. The molecule has 3 saturated heterocycles. The molecule has 2 N–H and O–H groups in total. The Balaban J connectivity index is 1.41. The maximum Gasteiger partial charge on any atom is 0.228 e. The standard InChI is InChI=1S/C22H34N4O/c1-2-20-19(14-23-24-20)21(27)26-13-7-11-22(17-26)10-6-12-25(16-22)15-18-8-4-3-5-9-18/h3-5,8-9,19-20,23-24H,2,6-7,10-17H2,1H3. The Morgan fingerprint density at radius 3 is 2.70 bits per heavy atom. The number of piperidine rings is 2. The van der Waals surface area contributed by atoms with Gasteiger partial charge >= 0.3 is 0 Å². The van der Waals surface area contributed by atoms with E-state index in [-0.39, 0.29) is 12.0 Å². The van der Waals surface area contributed by atoms with E-state index >= 15 is 0 Å². The quantitative estimate of drug-likeness (QED) is 0.854. The second-order valence-corrected chi connectivity index (χ2v) is 8.81. The molecule has 1 amide bonds. The summed E-state index contributed by atoms with van der Waals surface area (Å²) in [4.78, 5) is 18.0. The number of benzene rings is 1. The fourth-order valence-electron chi connectivity index (χ4n) is 5.44. The third-order valence-electron chi connectivity index (χ3n) is 6.81. The van der Waals surface area contributed by atoms with Crippen LogP contribution in [0.1, 0.15) is 44.6 Å². The van der Waals surface area contributed by atoms with Crippen LogP contribution in [0.5, 0.6) is 0 Å². The second kappa shape index (κ2) is 8.29. The van der Waals surface area contributed by atoms with Gasteiger partial charge in [0.2, 0.25) is 5.91 Å². The first-order chi connectivity index (χ1) is 13.2. The zero-order chi connectivity index (χ0) is 18.7. The van der Waals surface area contributed by atoms with Crippen molar-refractivity contribution in [3.63, 3.8) is 0 Å². The van der Waals surface area contributed by atoms with Crippen LogP contribution in [0.4, 0.5) is 0 Å². The number of carbonyl (C=O) groups is 1. The van der Waals surface area contributed by atoms with Gasteiger partial charge in [0, 0.05) is 44.2 Å². The minimum atomic E-state index is 0.0918. The number of hydrazine groups is 1. The van der Waals surface area contributed by atoms with E-state index in [1.165, 1.54) is 31.4 Å². The molecule has 0 bridgehead atoms. The summed E-state index contributed by atoms with van der Waals surface area (Å²) in [5.41, 5.74) is 8.16. The molecule has 3 atom stereocenters. The maximum absolute atomic E-state index is 13.2. The fourth-order valence-corrected chi connectivity index (χ4v) is 5.44. The average Bonchev–Trinajstić information content (AvgIpc) is 3.17. The van der Waals surface area contributed by atoms with Crippen LogP contribution in [-0.4, -0.2) is 54.5 Å². The summed E-state index contributed by atoms with van der Waals surface area (Å²) in [6.07, 6.45) is 5.92. The Bertz CT molecular complexity index is 632. The second-order valence-electron chi connectivity index (χ2n) is 8.81. The molecule has 1 aromatic carbocycles. The third-order valence-corrected chi connectivity index (χ3v) is 6.81. The highest BCUT2D eigenvalue weighted by Gasteiger charge is 2.43. The van der Waals surface area contributed by atoms with Gasteiger partial charge in [0.1, 0.15) is 0 Å². The Morgan fingerprint density at radius 1 is 1.15 bits per heavy atom. The third kappa shape index (κ3) is 4.20. The van der Waals surface area contributed by atoms with Gasteiger partial charge in [-0.3, -0.25) is 20.5 Å². The van der Waals surface area contributed by atoms with Gasteiger partial charge in [0.25, 0.3) is 0 Å². The van der Waals surface area contributed by atoms with Gasteiger partial charge in [0.15, 0.2) is 0 Å². The van der Waals surface area contributed by atoms with E-state index in [1.54, 1.807) is 0 Å². The van der Waals surface area contributed by atoms with E-state index in [0.717, 1.165) is 45.6 Å². The summed E-state index contributed by atoms with van der Waals surface area (Å²) in [5.74, 6) is 0.452. The monoisotopic (exact) mass is 370 g/mol. The van der Waals surface area contributed by atoms with Crippen molar-refractivity contribution in [1.29, 1.82) is 0 Å². The molecular formula is C22H34N4O. The van der Waals surface area contributed by atoms with Gasteiger partial charge in [-0.25, -0.2) is 0 Å². The molecule has 0 radical (unpaired) electrons. The van der Waals surface area contributed by atoms with Gasteiger partial charge in [-0.2, -0.15) is 0 Å². The number of rotatable bonds is 4. The molecule has 0 aromatic heterocycles. The SMILES string of the molecule is CCC1NNCC1C(=O)N1CCCC2(CCCN(Cc3ccccc3)C2)C1. The van der Waals surface area contributed by atoms with E-state index in [2.05, 4.69) is 57.9 Å². The van der Waals surface area contributed by atoms with Crippen LogP contribution in [0.2, 0.25) is 0 Å². The number of nitrogens with one attached hydrogen (secondary N) is 2.